The van der Waals surface area contributed by atoms with Gasteiger partial charge in [0.05, 0.1) is 18.8 Å². The van der Waals surface area contributed by atoms with Crippen molar-refractivity contribution < 1.29 is 13.9 Å². The van der Waals surface area contributed by atoms with E-state index in [0.29, 0.717) is 30.7 Å². The van der Waals surface area contributed by atoms with Gasteiger partial charge in [-0.3, -0.25) is 0 Å². The van der Waals surface area contributed by atoms with Gasteiger partial charge in [-0.05, 0) is 50.5 Å². The number of ether oxygens (including phenoxy) is 2. The van der Waals surface area contributed by atoms with Gasteiger partial charge in [-0.2, -0.15) is 14.5 Å². The van der Waals surface area contributed by atoms with E-state index in [1.807, 2.05) is 56.3 Å². The van der Waals surface area contributed by atoms with Crippen LogP contribution in [0.2, 0.25) is 0 Å². The lowest BCUT2D eigenvalue weighted by Gasteiger charge is -2.15. The molecule has 4 rings (SSSR count). The van der Waals surface area contributed by atoms with E-state index in [9.17, 15) is 0 Å². The third-order valence-electron chi connectivity index (χ3n) is 4.98. The smallest absolute Gasteiger partial charge is 0.329 e. The third kappa shape index (κ3) is 4.50. The zero-order valence-electron chi connectivity index (χ0n) is 18.5. The highest BCUT2D eigenvalue weighted by Crippen LogP contribution is 2.37. The maximum Gasteiger partial charge on any atom is 0.329 e. The normalized spacial score (nSPS) is 11.1. The topological polar surface area (TPSA) is 74.7 Å². The molecule has 0 atom stereocenters. The standard InChI is InChI=1S/C24H26N4O3S/c1-4-7-11-17-14-18(20(30-6-3)15-19(17)29-5-2)22-27-28-21(16-12-9-8-10-13-16)25-23(32)26-24(28)31-22/h8-10,12-15H,4-7,11H2,1-3H3. The first-order valence-corrected chi connectivity index (χ1v) is 11.3. The van der Waals surface area contributed by atoms with Crippen molar-refractivity contribution in [3.63, 3.8) is 0 Å². The van der Waals surface area contributed by atoms with Crippen LogP contribution in [0.4, 0.5) is 0 Å². The van der Waals surface area contributed by atoms with Crippen LogP contribution in [0.3, 0.4) is 0 Å². The van der Waals surface area contributed by atoms with Crippen molar-refractivity contribution in [3.8, 4) is 34.3 Å². The largest absolute Gasteiger partial charge is 0.493 e. The predicted molar refractivity (Wildman–Crippen MR) is 126 cm³/mol. The second-order valence-corrected chi connectivity index (χ2v) is 7.59. The molecular formula is C24H26N4O3S. The minimum atomic E-state index is 0.201. The Bertz CT molecular complexity index is 1270. The molecule has 0 fully saturated rings. The van der Waals surface area contributed by atoms with Crippen molar-refractivity contribution >= 4 is 18.1 Å². The molecule has 8 heteroatoms. The molecule has 0 amide bonds. The second kappa shape index (κ2) is 9.91. The van der Waals surface area contributed by atoms with Gasteiger partial charge in [0, 0.05) is 11.6 Å². The van der Waals surface area contributed by atoms with Crippen LogP contribution in [0.15, 0.2) is 46.9 Å². The quantitative estimate of drug-likeness (QED) is 0.293. The lowest BCUT2D eigenvalue weighted by Crippen LogP contribution is -2.02. The van der Waals surface area contributed by atoms with E-state index in [0.717, 1.165) is 41.7 Å². The molecule has 0 aliphatic heterocycles. The fraction of sp³-hybridized carbons (Fsp3) is 0.333. The van der Waals surface area contributed by atoms with Gasteiger partial charge >= 0.3 is 5.84 Å². The molecule has 0 radical (unpaired) electrons. The predicted octanol–water partition coefficient (Wildman–Crippen LogP) is 5.92. The summed E-state index contributed by atoms with van der Waals surface area (Å²) in [6.07, 6.45) is 3.03. The maximum atomic E-state index is 6.06. The summed E-state index contributed by atoms with van der Waals surface area (Å²) >= 11 is 5.27. The SMILES string of the molecule is CCCCc1cc(-c2nn3c(-c4ccccc4)nc(=S)nc3o2)c(OCC)cc1OCC. The molecule has 0 spiro atoms. The monoisotopic (exact) mass is 450 g/mol. The van der Waals surface area contributed by atoms with Crippen LogP contribution in [0, 0.1) is 4.77 Å². The van der Waals surface area contributed by atoms with Crippen LogP contribution in [0.25, 0.3) is 28.7 Å². The average Bonchev–Trinajstić information content (AvgIpc) is 3.22. The highest BCUT2D eigenvalue weighted by atomic mass is 32.1. The van der Waals surface area contributed by atoms with Crippen molar-refractivity contribution in [2.45, 2.75) is 40.0 Å². The molecular weight excluding hydrogens is 424 g/mol. The van der Waals surface area contributed by atoms with Crippen LogP contribution < -0.4 is 9.47 Å². The van der Waals surface area contributed by atoms with E-state index < -0.39 is 0 Å². The number of rotatable bonds is 9. The zero-order valence-corrected chi connectivity index (χ0v) is 19.3. The molecule has 0 unspecified atom stereocenters. The number of aryl methyl sites for hydroxylation is 1. The molecule has 0 aliphatic rings. The van der Waals surface area contributed by atoms with Gasteiger partial charge in [0.1, 0.15) is 11.5 Å². The van der Waals surface area contributed by atoms with Crippen LogP contribution in [-0.4, -0.2) is 32.8 Å². The summed E-state index contributed by atoms with van der Waals surface area (Å²) in [5, 5.41) is 4.70. The summed E-state index contributed by atoms with van der Waals surface area (Å²) in [5.74, 6) is 2.73. The number of hydrogen-bond acceptors (Lipinski definition) is 7. The van der Waals surface area contributed by atoms with Crippen molar-refractivity contribution in [1.29, 1.82) is 0 Å². The lowest BCUT2D eigenvalue weighted by atomic mass is 10.0. The highest BCUT2D eigenvalue weighted by molar-refractivity contribution is 7.71. The fourth-order valence-electron chi connectivity index (χ4n) is 3.52. The summed E-state index contributed by atoms with van der Waals surface area (Å²) < 4.78 is 19.7. The summed E-state index contributed by atoms with van der Waals surface area (Å²) in [7, 11) is 0. The number of benzene rings is 2. The Hall–Kier alpha value is -3.26. The zero-order chi connectivity index (χ0) is 22.5. The highest BCUT2D eigenvalue weighted by Gasteiger charge is 2.20. The van der Waals surface area contributed by atoms with Crippen molar-refractivity contribution in [2.75, 3.05) is 13.2 Å². The summed E-state index contributed by atoms with van der Waals surface area (Å²) in [6, 6.07) is 13.7. The van der Waals surface area contributed by atoms with E-state index in [2.05, 4.69) is 16.9 Å². The summed E-state index contributed by atoms with van der Waals surface area (Å²) in [4.78, 5) is 8.70. The Morgan fingerprint density at radius 1 is 0.969 bits per heavy atom. The molecule has 2 aromatic heterocycles. The first-order valence-electron chi connectivity index (χ1n) is 10.9. The lowest BCUT2D eigenvalue weighted by molar-refractivity contribution is 0.321. The summed E-state index contributed by atoms with van der Waals surface area (Å²) in [6.45, 7) is 7.18. The number of aromatic nitrogens is 4. The number of hydrogen-bond donors (Lipinski definition) is 0. The van der Waals surface area contributed by atoms with E-state index in [-0.39, 0.29) is 10.6 Å². The number of unbranched alkanes of at least 4 members (excludes halogenated alkanes) is 1. The molecule has 0 saturated carbocycles. The van der Waals surface area contributed by atoms with E-state index in [4.69, 9.17) is 31.2 Å². The van der Waals surface area contributed by atoms with E-state index in [1.165, 1.54) is 0 Å². The van der Waals surface area contributed by atoms with Gasteiger partial charge in [-0.15, -0.1) is 5.10 Å². The molecule has 0 N–H and O–H groups in total. The van der Waals surface area contributed by atoms with Crippen LogP contribution in [0.5, 0.6) is 11.5 Å². The van der Waals surface area contributed by atoms with Gasteiger partial charge < -0.3 is 13.9 Å². The van der Waals surface area contributed by atoms with Crippen molar-refractivity contribution in [3.05, 3.63) is 52.8 Å². The molecule has 7 nitrogen and oxygen atoms in total. The van der Waals surface area contributed by atoms with Gasteiger partial charge in [0.15, 0.2) is 5.82 Å². The van der Waals surface area contributed by atoms with Crippen molar-refractivity contribution in [2.24, 2.45) is 0 Å². The molecule has 32 heavy (non-hydrogen) atoms. The Labute approximate surface area is 192 Å². The molecule has 0 aliphatic carbocycles. The van der Waals surface area contributed by atoms with Crippen molar-refractivity contribution in [1.82, 2.24) is 19.6 Å². The van der Waals surface area contributed by atoms with Gasteiger partial charge in [0.2, 0.25) is 4.77 Å². The fourth-order valence-corrected chi connectivity index (χ4v) is 3.68. The molecule has 0 saturated heterocycles. The van der Waals surface area contributed by atoms with Gasteiger partial charge in [-0.1, -0.05) is 43.7 Å². The molecule has 2 aromatic carbocycles. The first kappa shape index (κ1) is 22.0. The molecule has 4 aromatic rings. The van der Waals surface area contributed by atoms with E-state index in [1.54, 1.807) is 4.52 Å². The Balaban J connectivity index is 1.90. The average molecular weight is 451 g/mol. The first-order chi connectivity index (χ1) is 15.6. The Morgan fingerprint density at radius 2 is 1.72 bits per heavy atom. The van der Waals surface area contributed by atoms with Gasteiger partial charge in [-0.25, -0.2) is 0 Å². The summed E-state index contributed by atoms with van der Waals surface area (Å²) in [5.41, 5.74) is 2.71. The minimum Gasteiger partial charge on any atom is -0.493 e. The number of fused-ring (bicyclic) bond motifs is 1. The maximum absolute atomic E-state index is 6.06. The minimum absolute atomic E-state index is 0.201. The molecule has 2 heterocycles. The molecule has 166 valence electrons. The Kier molecular flexibility index (Phi) is 6.80. The van der Waals surface area contributed by atoms with Crippen LogP contribution >= 0.6 is 12.2 Å². The van der Waals surface area contributed by atoms with Crippen LogP contribution in [0.1, 0.15) is 39.2 Å². The Morgan fingerprint density at radius 3 is 2.44 bits per heavy atom. The third-order valence-corrected chi connectivity index (χ3v) is 5.16. The number of nitrogens with zero attached hydrogens (tertiary/aromatic N) is 4. The second-order valence-electron chi connectivity index (χ2n) is 7.22. The molecule has 0 bridgehead atoms. The van der Waals surface area contributed by atoms with Crippen LogP contribution in [-0.2, 0) is 6.42 Å². The van der Waals surface area contributed by atoms with Gasteiger partial charge in [0.25, 0.3) is 5.89 Å². The van der Waals surface area contributed by atoms with E-state index >= 15 is 0 Å².